The zero-order valence-corrected chi connectivity index (χ0v) is 17.4. The average Bonchev–Trinajstić information content (AvgIpc) is 3.30. The minimum atomic E-state index is -0.545. The molecule has 2 amide bonds. The van der Waals surface area contributed by atoms with Gasteiger partial charge in [0.2, 0.25) is 0 Å². The zero-order valence-electron chi connectivity index (χ0n) is 17.4. The first kappa shape index (κ1) is 21.7. The van der Waals surface area contributed by atoms with E-state index < -0.39 is 11.8 Å². The van der Waals surface area contributed by atoms with Crippen LogP contribution in [0.25, 0.3) is 0 Å². The van der Waals surface area contributed by atoms with E-state index in [1.165, 1.54) is 12.1 Å². The molecule has 2 aromatic carbocycles. The highest BCUT2D eigenvalue weighted by Crippen LogP contribution is 2.13. The third kappa shape index (κ3) is 6.24. The Kier molecular flexibility index (Phi) is 7.48. The Hall–Kier alpha value is -4.00. The molecule has 0 unspecified atom stereocenters. The Morgan fingerprint density at radius 3 is 1.48 bits per heavy atom. The van der Waals surface area contributed by atoms with Crippen LogP contribution >= 0.6 is 0 Å². The first-order valence-corrected chi connectivity index (χ1v) is 9.91. The van der Waals surface area contributed by atoms with Crippen molar-refractivity contribution in [2.24, 2.45) is 10.2 Å². The summed E-state index contributed by atoms with van der Waals surface area (Å²) in [5.74, 6) is -1.05. The highest BCUT2D eigenvalue weighted by molar-refractivity contribution is 5.96. The van der Waals surface area contributed by atoms with E-state index in [2.05, 4.69) is 21.1 Å². The molecule has 1 heterocycles. The van der Waals surface area contributed by atoms with Gasteiger partial charge in [-0.15, -0.1) is 0 Å². The number of nitrogens with zero attached hydrogens (tertiary/aromatic N) is 2. The van der Waals surface area contributed by atoms with Crippen LogP contribution in [0.3, 0.4) is 0 Å². The van der Waals surface area contributed by atoms with Gasteiger partial charge in [-0.25, -0.2) is 10.9 Å². The number of hydrazone groups is 2. The highest BCUT2D eigenvalue weighted by atomic mass is 16.4. The van der Waals surface area contributed by atoms with Crippen molar-refractivity contribution in [1.29, 1.82) is 0 Å². The normalized spacial score (nSPS) is 13.2. The molecule has 2 N–H and O–H groups in total. The lowest BCUT2D eigenvalue weighted by Crippen LogP contribution is -2.19. The van der Waals surface area contributed by atoms with E-state index in [-0.39, 0.29) is 23.4 Å². The predicted octanol–water partition coefficient (Wildman–Crippen LogP) is 4.32. The van der Waals surface area contributed by atoms with E-state index in [4.69, 9.17) is 4.42 Å². The maximum absolute atomic E-state index is 12.2. The molecule has 31 heavy (non-hydrogen) atoms. The van der Waals surface area contributed by atoms with E-state index in [1.807, 2.05) is 74.5 Å². The monoisotopic (exact) mass is 416 g/mol. The van der Waals surface area contributed by atoms with Crippen molar-refractivity contribution < 1.29 is 14.0 Å². The van der Waals surface area contributed by atoms with Gasteiger partial charge < -0.3 is 4.42 Å². The first-order chi connectivity index (χ1) is 15.0. The molecule has 158 valence electrons. The van der Waals surface area contributed by atoms with Crippen LogP contribution in [0.2, 0.25) is 0 Å². The zero-order chi connectivity index (χ0) is 22.1. The van der Waals surface area contributed by atoms with Gasteiger partial charge in [0.15, 0.2) is 11.5 Å². The molecule has 1 aromatic heterocycles. The Labute approximate surface area is 180 Å². The van der Waals surface area contributed by atoms with Crippen LogP contribution in [0.15, 0.2) is 87.4 Å². The smallest absolute Gasteiger partial charge is 0.307 e. The van der Waals surface area contributed by atoms with Crippen LogP contribution in [0.5, 0.6) is 0 Å². The first-order valence-electron chi connectivity index (χ1n) is 9.91. The number of carbonyl (C=O) groups is 2. The van der Waals surface area contributed by atoms with Crippen molar-refractivity contribution in [2.75, 3.05) is 0 Å². The van der Waals surface area contributed by atoms with E-state index in [0.29, 0.717) is 0 Å². The molecule has 0 aliphatic carbocycles. The second-order valence-electron chi connectivity index (χ2n) is 7.00. The molecule has 0 bridgehead atoms. The number of nitrogens with one attached hydrogen (secondary N) is 2. The predicted molar refractivity (Wildman–Crippen MR) is 120 cm³/mol. The molecule has 3 aromatic rings. The molecule has 0 aliphatic heterocycles. The van der Waals surface area contributed by atoms with Crippen molar-refractivity contribution in [3.63, 3.8) is 0 Å². The number of benzene rings is 2. The fourth-order valence-corrected chi connectivity index (χ4v) is 2.79. The van der Waals surface area contributed by atoms with E-state index in [1.54, 1.807) is 12.4 Å². The maximum atomic E-state index is 12.2. The van der Waals surface area contributed by atoms with Crippen LogP contribution in [0.1, 0.15) is 57.9 Å². The van der Waals surface area contributed by atoms with E-state index in [0.717, 1.165) is 11.1 Å². The number of rotatable bonds is 8. The van der Waals surface area contributed by atoms with Crippen molar-refractivity contribution in [3.05, 3.63) is 95.4 Å². The molecule has 0 radical (unpaired) electrons. The van der Waals surface area contributed by atoms with Gasteiger partial charge in [-0.05, 0) is 23.3 Å². The third-order valence-electron chi connectivity index (χ3n) is 4.63. The van der Waals surface area contributed by atoms with Crippen LogP contribution in [0, 0.1) is 0 Å². The summed E-state index contributed by atoms with van der Waals surface area (Å²) in [5, 5.41) is 7.93. The van der Waals surface area contributed by atoms with Crippen LogP contribution in [-0.2, 0) is 0 Å². The van der Waals surface area contributed by atoms with Crippen molar-refractivity contribution >= 4 is 24.2 Å². The van der Waals surface area contributed by atoms with E-state index in [9.17, 15) is 9.59 Å². The van der Waals surface area contributed by atoms with Crippen molar-refractivity contribution in [2.45, 2.75) is 25.7 Å². The molecule has 0 spiro atoms. The molecule has 0 fully saturated rings. The summed E-state index contributed by atoms with van der Waals surface area (Å²) in [6, 6.07) is 22.4. The summed E-state index contributed by atoms with van der Waals surface area (Å²) in [5.41, 5.74) is 6.97. The molecule has 0 saturated carbocycles. The Morgan fingerprint density at radius 1 is 0.710 bits per heavy atom. The molecule has 0 aliphatic rings. The van der Waals surface area contributed by atoms with Gasteiger partial charge in [0.25, 0.3) is 0 Å². The number of hydrogen-bond donors (Lipinski definition) is 2. The third-order valence-corrected chi connectivity index (χ3v) is 4.63. The van der Waals surface area contributed by atoms with Crippen molar-refractivity contribution in [1.82, 2.24) is 10.9 Å². The summed E-state index contributed by atoms with van der Waals surface area (Å²) in [7, 11) is 0. The van der Waals surface area contributed by atoms with Crippen LogP contribution in [-0.4, -0.2) is 24.2 Å². The molecule has 7 nitrogen and oxygen atoms in total. The summed E-state index contributed by atoms with van der Waals surface area (Å²) >= 11 is 0. The number of amides is 2. The van der Waals surface area contributed by atoms with Gasteiger partial charge in [0.1, 0.15) is 0 Å². The van der Waals surface area contributed by atoms with Gasteiger partial charge in [0, 0.05) is 24.3 Å². The molecule has 7 heteroatoms. The lowest BCUT2D eigenvalue weighted by molar-refractivity contribution is 0.0902. The fraction of sp³-hybridized carbons (Fsp3) is 0.167. The summed E-state index contributed by atoms with van der Waals surface area (Å²) in [4.78, 5) is 24.4. The largest absolute Gasteiger partial charge is 0.446 e. The van der Waals surface area contributed by atoms with E-state index >= 15 is 0 Å². The Morgan fingerprint density at radius 2 is 1.10 bits per heavy atom. The van der Waals surface area contributed by atoms with Gasteiger partial charge >= 0.3 is 11.8 Å². The number of carbonyl (C=O) groups excluding carboxylic acids is 2. The summed E-state index contributed by atoms with van der Waals surface area (Å²) in [6.07, 6.45) is 3.26. The number of furan rings is 1. The highest BCUT2D eigenvalue weighted by Gasteiger charge is 2.15. The molecular weight excluding hydrogens is 392 g/mol. The Balaban J connectivity index is 1.50. The van der Waals surface area contributed by atoms with Crippen molar-refractivity contribution in [3.8, 4) is 0 Å². The average molecular weight is 416 g/mol. The second kappa shape index (κ2) is 10.7. The lowest BCUT2D eigenvalue weighted by Gasteiger charge is -2.05. The van der Waals surface area contributed by atoms with Gasteiger partial charge in [0.05, 0.1) is 0 Å². The van der Waals surface area contributed by atoms with Crippen LogP contribution < -0.4 is 10.9 Å². The molecular formula is C24H24N4O3. The van der Waals surface area contributed by atoms with Gasteiger partial charge in [-0.2, -0.15) is 10.2 Å². The fourth-order valence-electron chi connectivity index (χ4n) is 2.79. The minimum absolute atomic E-state index is 0.0173. The maximum Gasteiger partial charge on any atom is 0.307 e. The molecule has 0 saturated heterocycles. The van der Waals surface area contributed by atoms with Gasteiger partial charge in [-0.1, -0.05) is 74.5 Å². The van der Waals surface area contributed by atoms with Gasteiger partial charge in [-0.3, -0.25) is 9.59 Å². The Bertz CT molecular complexity index is 975. The molecule has 3 rings (SSSR count). The lowest BCUT2D eigenvalue weighted by atomic mass is 10.0. The molecule has 2 atom stereocenters. The minimum Gasteiger partial charge on any atom is -0.446 e. The quantitative estimate of drug-likeness (QED) is 0.423. The summed E-state index contributed by atoms with van der Waals surface area (Å²) < 4.78 is 5.32. The second-order valence-corrected chi connectivity index (χ2v) is 7.00. The standard InChI is InChI=1S/C24H24N4O3/c1-17(19-9-5-3-6-10-19)15-25-27-23(29)21-13-14-22(31-21)24(30)28-26-16-18(2)20-11-7-4-8-12-20/h3-18H,1-2H3,(H,27,29)(H,28,30)/b25-15-,26-16-/t17-,18-/m1/s1. The number of hydrogen-bond acceptors (Lipinski definition) is 5. The SMILES string of the molecule is C[C@H](/C=N\NC(=O)c1ccc(C(=O)N/N=C\[C@@H](C)c2ccccc2)o1)c1ccccc1. The van der Waals surface area contributed by atoms with Crippen LogP contribution in [0.4, 0.5) is 0 Å². The summed E-state index contributed by atoms with van der Waals surface area (Å²) in [6.45, 7) is 3.94. The topological polar surface area (TPSA) is 96.1 Å².